The van der Waals surface area contributed by atoms with Crippen LogP contribution in [0, 0.1) is 23.3 Å². The maximum absolute atomic E-state index is 13.9. The zero-order valence-electron chi connectivity index (χ0n) is 15.9. The molecule has 1 aromatic heterocycles. The van der Waals surface area contributed by atoms with Gasteiger partial charge in [-0.2, -0.15) is 0 Å². The summed E-state index contributed by atoms with van der Waals surface area (Å²) < 4.78 is 61.6. The van der Waals surface area contributed by atoms with E-state index in [9.17, 15) is 22.4 Å². The van der Waals surface area contributed by atoms with Crippen LogP contribution in [-0.2, 0) is 13.2 Å². The smallest absolute Gasteiger partial charge is 0.335 e. The SMILES string of the molecule is O=C(O)c1ccc2c(ccn2Cc2cc(F)ccc2OCc2cc(F)c(F)cc2F)c1. The Balaban J connectivity index is 1.61. The van der Waals surface area contributed by atoms with Crippen LogP contribution in [0.4, 0.5) is 17.6 Å². The van der Waals surface area contributed by atoms with Crippen molar-refractivity contribution in [1.29, 1.82) is 0 Å². The Morgan fingerprint density at radius 3 is 2.42 bits per heavy atom. The number of aromatic nitrogens is 1. The molecule has 0 saturated heterocycles. The van der Waals surface area contributed by atoms with E-state index >= 15 is 0 Å². The van der Waals surface area contributed by atoms with Gasteiger partial charge in [-0.1, -0.05) is 0 Å². The number of carboxylic acids is 1. The number of carbonyl (C=O) groups is 1. The Kier molecular flexibility index (Phi) is 5.37. The topological polar surface area (TPSA) is 51.5 Å². The van der Waals surface area contributed by atoms with Crippen molar-refractivity contribution in [1.82, 2.24) is 4.57 Å². The van der Waals surface area contributed by atoms with Gasteiger partial charge in [-0.3, -0.25) is 0 Å². The van der Waals surface area contributed by atoms with Gasteiger partial charge in [0.1, 0.15) is 24.0 Å². The van der Waals surface area contributed by atoms with Gasteiger partial charge < -0.3 is 14.4 Å². The lowest BCUT2D eigenvalue weighted by molar-refractivity contribution is 0.0697. The highest BCUT2D eigenvalue weighted by molar-refractivity contribution is 5.93. The monoisotopic (exact) mass is 429 g/mol. The molecule has 31 heavy (non-hydrogen) atoms. The molecule has 0 saturated carbocycles. The number of ether oxygens (including phenoxy) is 1. The lowest BCUT2D eigenvalue weighted by Gasteiger charge is -2.14. The van der Waals surface area contributed by atoms with E-state index in [2.05, 4.69) is 0 Å². The normalized spacial score (nSPS) is 11.1. The molecule has 0 radical (unpaired) electrons. The van der Waals surface area contributed by atoms with Gasteiger partial charge in [0.15, 0.2) is 11.6 Å². The Labute approximate surface area is 173 Å². The molecule has 4 aromatic rings. The fourth-order valence-corrected chi connectivity index (χ4v) is 3.30. The molecule has 1 N–H and O–H groups in total. The molecule has 0 atom stereocenters. The van der Waals surface area contributed by atoms with Gasteiger partial charge in [0.05, 0.1) is 12.1 Å². The van der Waals surface area contributed by atoms with Crippen molar-refractivity contribution in [3.63, 3.8) is 0 Å². The first-order valence-electron chi connectivity index (χ1n) is 9.18. The van der Waals surface area contributed by atoms with E-state index in [1.54, 1.807) is 22.9 Å². The van der Waals surface area contributed by atoms with Crippen molar-refractivity contribution in [3.05, 3.63) is 101 Å². The minimum Gasteiger partial charge on any atom is -0.488 e. The molecule has 1 heterocycles. The fourth-order valence-electron chi connectivity index (χ4n) is 3.30. The van der Waals surface area contributed by atoms with Gasteiger partial charge >= 0.3 is 5.97 Å². The number of aromatic carboxylic acids is 1. The first-order valence-corrected chi connectivity index (χ1v) is 9.18. The molecule has 0 amide bonds. The lowest BCUT2D eigenvalue weighted by Crippen LogP contribution is -2.05. The Bertz CT molecular complexity index is 1300. The van der Waals surface area contributed by atoms with Crippen LogP contribution in [0.3, 0.4) is 0 Å². The van der Waals surface area contributed by atoms with Crippen LogP contribution < -0.4 is 4.74 Å². The lowest BCUT2D eigenvalue weighted by atomic mass is 10.1. The summed E-state index contributed by atoms with van der Waals surface area (Å²) in [5.41, 5.74) is 1.13. The van der Waals surface area contributed by atoms with Crippen LogP contribution in [-0.4, -0.2) is 15.6 Å². The number of carboxylic acid groups (broad SMARTS) is 1. The number of fused-ring (bicyclic) bond motifs is 1. The van der Waals surface area contributed by atoms with Crippen LogP contribution in [0.1, 0.15) is 21.5 Å². The average Bonchev–Trinajstić information content (AvgIpc) is 3.13. The number of hydrogen-bond acceptors (Lipinski definition) is 2. The molecule has 4 nitrogen and oxygen atoms in total. The Hall–Kier alpha value is -3.81. The van der Waals surface area contributed by atoms with E-state index in [0.29, 0.717) is 23.1 Å². The third kappa shape index (κ3) is 4.23. The minimum atomic E-state index is -1.30. The second kappa shape index (κ2) is 8.14. The summed E-state index contributed by atoms with van der Waals surface area (Å²) in [6.07, 6.45) is 1.72. The molecule has 0 aliphatic carbocycles. The highest BCUT2D eigenvalue weighted by atomic mass is 19.2. The van der Waals surface area contributed by atoms with Crippen LogP contribution in [0.2, 0.25) is 0 Å². The first-order chi connectivity index (χ1) is 14.8. The number of halogens is 4. The van der Waals surface area contributed by atoms with Crippen molar-refractivity contribution < 1.29 is 32.2 Å². The molecule has 0 spiro atoms. The summed E-state index contributed by atoms with van der Waals surface area (Å²) in [7, 11) is 0. The number of hydrogen-bond donors (Lipinski definition) is 1. The first kappa shape index (κ1) is 20.5. The molecule has 0 aliphatic rings. The van der Waals surface area contributed by atoms with E-state index in [1.807, 2.05) is 0 Å². The Morgan fingerprint density at radius 2 is 1.65 bits per heavy atom. The van der Waals surface area contributed by atoms with E-state index in [1.165, 1.54) is 30.3 Å². The molecular formula is C23H15F4NO3. The van der Waals surface area contributed by atoms with E-state index < -0.39 is 29.2 Å². The van der Waals surface area contributed by atoms with Crippen molar-refractivity contribution in [3.8, 4) is 5.75 Å². The molecule has 3 aromatic carbocycles. The van der Waals surface area contributed by atoms with Crippen molar-refractivity contribution in [2.45, 2.75) is 13.2 Å². The van der Waals surface area contributed by atoms with E-state index in [4.69, 9.17) is 9.84 Å². The molecule has 0 fully saturated rings. The van der Waals surface area contributed by atoms with Gasteiger partial charge in [0.2, 0.25) is 0 Å². The van der Waals surface area contributed by atoms with Crippen LogP contribution in [0.5, 0.6) is 5.75 Å². The van der Waals surface area contributed by atoms with Crippen LogP contribution in [0.25, 0.3) is 10.9 Å². The van der Waals surface area contributed by atoms with Gasteiger partial charge in [-0.05, 0) is 48.5 Å². The average molecular weight is 429 g/mol. The third-order valence-corrected chi connectivity index (χ3v) is 4.85. The van der Waals surface area contributed by atoms with Crippen molar-refractivity contribution in [2.24, 2.45) is 0 Å². The fraction of sp³-hybridized carbons (Fsp3) is 0.0870. The summed E-state index contributed by atoms with van der Waals surface area (Å²) in [6.45, 7) is -0.195. The molecular weight excluding hydrogens is 414 g/mol. The van der Waals surface area contributed by atoms with Gasteiger partial charge in [0, 0.05) is 34.3 Å². The molecule has 0 bridgehead atoms. The van der Waals surface area contributed by atoms with Gasteiger partial charge in [-0.25, -0.2) is 22.4 Å². The van der Waals surface area contributed by atoms with Crippen molar-refractivity contribution >= 4 is 16.9 Å². The predicted molar refractivity (Wildman–Crippen MR) is 105 cm³/mol. The number of nitrogens with zero attached hydrogens (tertiary/aromatic N) is 1. The zero-order valence-corrected chi connectivity index (χ0v) is 15.9. The summed E-state index contributed by atoms with van der Waals surface area (Å²) in [6, 6.07) is 11.3. The standard InChI is InChI=1S/C23H15F4NO3/c24-17-2-4-22(31-12-16-9-19(26)20(27)10-18(16)25)15(8-17)11-28-6-5-13-7-14(23(29)30)1-3-21(13)28/h1-10H,11-12H2,(H,29,30). The van der Waals surface area contributed by atoms with E-state index in [0.717, 1.165) is 5.52 Å². The molecule has 8 heteroatoms. The summed E-state index contributed by atoms with van der Waals surface area (Å²) in [4.78, 5) is 11.1. The zero-order chi connectivity index (χ0) is 22.1. The van der Waals surface area contributed by atoms with Crippen molar-refractivity contribution in [2.75, 3.05) is 0 Å². The molecule has 0 aliphatic heterocycles. The quantitative estimate of drug-likeness (QED) is 0.324. The molecule has 0 unspecified atom stereocenters. The van der Waals surface area contributed by atoms with Crippen LogP contribution in [0.15, 0.2) is 60.8 Å². The maximum atomic E-state index is 13.9. The van der Waals surface area contributed by atoms with Crippen LogP contribution >= 0.6 is 0 Å². The summed E-state index contributed by atoms with van der Waals surface area (Å²) >= 11 is 0. The highest BCUT2D eigenvalue weighted by Gasteiger charge is 2.13. The summed E-state index contributed by atoms with van der Waals surface area (Å²) in [5, 5.41) is 9.82. The number of benzene rings is 3. The second-order valence-corrected chi connectivity index (χ2v) is 6.92. The van der Waals surface area contributed by atoms with E-state index in [-0.39, 0.29) is 30.0 Å². The third-order valence-electron chi connectivity index (χ3n) is 4.85. The number of rotatable bonds is 6. The summed E-state index contributed by atoms with van der Waals surface area (Å²) in [5.74, 6) is -4.75. The predicted octanol–water partition coefficient (Wildman–Crippen LogP) is 5.52. The van der Waals surface area contributed by atoms with Gasteiger partial charge in [0.25, 0.3) is 0 Å². The second-order valence-electron chi connectivity index (χ2n) is 6.92. The maximum Gasteiger partial charge on any atom is 0.335 e. The Morgan fingerprint density at radius 1 is 0.871 bits per heavy atom. The highest BCUT2D eigenvalue weighted by Crippen LogP contribution is 2.26. The largest absolute Gasteiger partial charge is 0.488 e. The minimum absolute atomic E-state index is 0.147. The molecule has 4 rings (SSSR count). The van der Waals surface area contributed by atoms with Gasteiger partial charge in [-0.15, -0.1) is 0 Å². The molecule has 158 valence electrons.